The second-order valence-electron chi connectivity index (χ2n) is 3.69. The molecule has 0 aromatic rings. The van der Waals surface area contributed by atoms with E-state index in [0.717, 1.165) is 0 Å². The van der Waals surface area contributed by atoms with Gasteiger partial charge in [0.05, 0.1) is 19.4 Å². The van der Waals surface area contributed by atoms with E-state index in [1.165, 1.54) is 12.2 Å². The van der Waals surface area contributed by atoms with E-state index in [9.17, 15) is 9.36 Å². The molecule has 0 radical (unpaired) electrons. The zero-order valence-electron chi connectivity index (χ0n) is 10.9. The molecule has 0 aromatic carbocycles. The SMILES string of the molecule is CCOP(=O)(C/C=C/C(=O)NC(C)C)OCC. The van der Waals surface area contributed by atoms with Crippen molar-refractivity contribution in [3.8, 4) is 0 Å². The summed E-state index contributed by atoms with van der Waals surface area (Å²) in [6, 6.07) is 0.0812. The van der Waals surface area contributed by atoms with Crippen molar-refractivity contribution in [3.63, 3.8) is 0 Å². The minimum Gasteiger partial charge on any atom is -0.350 e. The van der Waals surface area contributed by atoms with Crippen molar-refractivity contribution >= 4 is 13.5 Å². The lowest BCUT2D eigenvalue weighted by atomic mass is 10.4. The molecule has 0 aliphatic carbocycles. The van der Waals surface area contributed by atoms with Crippen LogP contribution in [0.3, 0.4) is 0 Å². The van der Waals surface area contributed by atoms with Crippen LogP contribution in [0.5, 0.6) is 0 Å². The van der Waals surface area contributed by atoms with Crippen molar-refractivity contribution in [1.82, 2.24) is 5.32 Å². The molecule has 6 heteroatoms. The van der Waals surface area contributed by atoms with Gasteiger partial charge in [-0.15, -0.1) is 0 Å². The van der Waals surface area contributed by atoms with E-state index in [1.807, 2.05) is 13.8 Å². The first-order chi connectivity index (χ1) is 7.93. The van der Waals surface area contributed by atoms with Gasteiger partial charge in [-0.05, 0) is 33.8 Å². The van der Waals surface area contributed by atoms with Gasteiger partial charge in [-0.1, -0.05) is 6.08 Å². The van der Waals surface area contributed by atoms with Crippen LogP contribution in [0.2, 0.25) is 0 Å². The number of carbonyl (C=O) groups excluding carboxylic acids is 1. The summed E-state index contributed by atoms with van der Waals surface area (Å²) in [6.07, 6.45) is 2.98. The molecule has 0 heterocycles. The summed E-state index contributed by atoms with van der Waals surface area (Å²) in [4.78, 5) is 11.3. The van der Waals surface area contributed by atoms with Gasteiger partial charge < -0.3 is 14.4 Å². The highest BCUT2D eigenvalue weighted by atomic mass is 31.2. The Kier molecular flexibility index (Phi) is 8.13. The van der Waals surface area contributed by atoms with Crippen molar-refractivity contribution in [1.29, 1.82) is 0 Å². The van der Waals surface area contributed by atoms with Gasteiger partial charge in [0.15, 0.2) is 0 Å². The van der Waals surface area contributed by atoms with Crippen LogP contribution >= 0.6 is 7.60 Å². The highest BCUT2D eigenvalue weighted by Crippen LogP contribution is 2.47. The highest BCUT2D eigenvalue weighted by molar-refractivity contribution is 7.54. The molecule has 17 heavy (non-hydrogen) atoms. The molecule has 0 rings (SSSR count). The van der Waals surface area contributed by atoms with Gasteiger partial charge in [0.25, 0.3) is 0 Å². The van der Waals surface area contributed by atoms with Crippen LogP contribution in [0.25, 0.3) is 0 Å². The Morgan fingerprint density at radius 1 is 1.29 bits per heavy atom. The molecule has 0 spiro atoms. The molecule has 0 aromatic heterocycles. The van der Waals surface area contributed by atoms with Crippen LogP contribution in [0.1, 0.15) is 27.7 Å². The number of carbonyl (C=O) groups is 1. The van der Waals surface area contributed by atoms with Gasteiger partial charge >= 0.3 is 7.60 Å². The lowest BCUT2D eigenvalue weighted by molar-refractivity contribution is -0.116. The maximum Gasteiger partial charge on any atom is 0.334 e. The summed E-state index contributed by atoms with van der Waals surface area (Å²) in [7, 11) is -3.08. The van der Waals surface area contributed by atoms with E-state index in [-0.39, 0.29) is 18.1 Å². The Hall–Kier alpha value is -0.640. The summed E-state index contributed by atoms with van der Waals surface area (Å²) >= 11 is 0. The zero-order chi connectivity index (χ0) is 13.3. The van der Waals surface area contributed by atoms with Crippen molar-refractivity contribution in [2.24, 2.45) is 0 Å². The molecular formula is C11H22NO4P. The Bertz CT molecular complexity index is 292. The van der Waals surface area contributed by atoms with E-state index in [2.05, 4.69) is 5.32 Å². The van der Waals surface area contributed by atoms with Gasteiger partial charge in [-0.3, -0.25) is 9.36 Å². The van der Waals surface area contributed by atoms with Gasteiger partial charge in [-0.25, -0.2) is 0 Å². The monoisotopic (exact) mass is 263 g/mol. The number of hydrogen-bond acceptors (Lipinski definition) is 4. The highest BCUT2D eigenvalue weighted by Gasteiger charge is 2.21. The van der Waals surface area contributed by atoms with Crippen LogP contribution < -0.4 is 5.32 Å². The molecule has 0 unspecified atom stereocenters. The molecule has 0 bridgehead atoms. The first-order valence-electron chi connectivity index (χ1n) is 5.78. The zero-order valence-corrected chi connectivity index (χ0v) is 11.8. The van der Waals surface area contributed by atoms with Gasteiger partial charge in [0.1, 0.15) is 0 Å². The first kappa shape index (κ1) is 16.4. The fourth-order valence-corrected chi connectivity index (χ4v) is 2.59. The van der Waals surface area contributed by atoms with E-state index < -0.39 is 7.60 Å². The Balaban J connectivity index is 4.25. The quantitative estimate of drug-likeness (QED) is 0.539. The largest absolute Gasteiger partial charge is 0.350 e. The first-order valence-corrected chi connectivity index (χ1v) is 7.51. The molecule has 1 N–H and O–H groups in total. The Morgan fingerprint density at radius 2 is 1.82 bits per heavy atom. The molecule has 0 atom stereocenters. The van der Waals surface area contributed by atoms with Gasteiger partial charge in [0, 0.05) is 6.04 Å². The predicted octanol–water partition coefficient (Wildman–Crippen LogP) is 2.33. The second-order valence-corrected chi connectivity index (χ2v) is 5.80. The number of rotatable bonds is 8. The minimum absolute atomic E-state index is 0.0812. The fraction of sp³-hybridized carbons (Fsp3) is 0.727. The average molecular weight is 263 g/mol. The molecule has 5 nitrogen and oxygen atoms in total. The molecule has 0 saturated carbocycles. The van der Waals surface area contributed by atoms with Crippen LogP contribution in [-0.4, -0.2) is 31.3 Å². The van der Waals surface area contributed by atoms with Crippen molar-refractivity contribution in [2.45, 2.75) is 33.7 Å². The lowest BCUT2D eigenvalue weighted by Gasteiger charge is -2.14. The standard InChI is InChI=1S/C11H22NO4P/c1-5-15-17(14,16-6-2)9-7-8-11(13)12-10(3)4/h7-8,10H,5-6,9H2,1-4H3,(H,12,13)/b8-7+. The third-order valence-electron chi connectivity index (χ3n) is 1.68. The Labute approximate surface area is 103 Å². The third kappa shape index (κ3) is 8.13. The van der Waals surface area contributed by atoms with Crippen molar-refractivity contribution < 1.29 is 18.4 Å². The van der Waals surface area contributed by atoms with Crippen LogP contribution in [-0.2, 0) is 18.4 Å². The number of hydrogen-bond donors (Lipinski definition) is 1. The third-order valence-corrected chi connectivity index (χ3v) is 3.64. The summed E-state index contributed by atoms with van der Waals surface area (Å²) in [5.74, 6) is -0.209. The normalized spacial score (nSPS) is 12.3. The number of allylic oxidation sites excluding steroid dienone is 1. The van der Waals surface area contributed by atoms with Crippen molar-refractivity contribution in [3.05, 3.63) is 12.2 Å². The second kappa shape index (κ2) is 8.45. The molecule has 100 valence electrons. The van der Waals surface area contributed by atoms with Crippen LogP contribution in [0.15, 0.2) is 12.2 Å². The number of nitrogens with one attached hydrogen (secondary N) is 1. The van der Waals surface area contributed by atoms with E-state index in [0.29, 0.717) is 13.2 Å². The molecular weight excluding hydrogens is 241 g/mol. The molecule has 0 aliphatic rings. The van der Waals surface area contributed by atoms with E-state index in [1.54, 1.807) is 13.8 Å². The maximum absolute atomic E-state index is 12.0. The van der Waals surface area contributed by atoms with Crippen molar-refractivity contribution in [2.75, 3.05) is 19.4 Å². The van der Waals surface area contributed by atoms with Crippen LogP contribution in [0.4, 0.5) is 0 Å². The summed E-state index contributed by atoms with van der Waals surface area (Å²) in [5.41, 5.74) is 0. The minimum atomic E-state index is -3.08. The van der Waals surface area contributed by atoms with Gasteiger partial charge in [-0.2, -0.15) is 0 Å². The van der Waals surface area contributed by atoms with Crippen LogP contribution in [0, 0.1) is 0 Å². The smallest absolute Gasteiger partial charge is 0.334 e. The lowest BCUT2D eigenvalue weighted by Crippen LogP contribution is -2.28. The predicted molar refractivity (Wildman–Crippen MR) is 68.1 cm³/mol. The Morgan fingerprint density at radius 3 is 2.24 bits per heavy atom. The van der Waals surface area contributed by atoms with Gasteiger partial charge in [0.2, 0.25) is 5.91 Å². The summed E-state index contributed by atoms with van der Waals surface area (Å²) in [6.45, 7) is 7.89. The maximum atomic E-state index is 12.0. The topological polar surface area (TPSA) is 64.6 Å². The van der Waals surface area contributed by atoms with E-state index in [4.69, 9.17) is 9.05 Å². The molecule has 0 aliphatic heterocycles. The fourth-order valence-electron chi connectivity index (χ4n) is 1.16. The average Bonchev–Trinajstić information content (AvgIpc) is 2.16. The molecule has 0 saturated heterocycles. The number of amides is 1. The molecule has 0 fully saturated rings. The molecule has 1 amide bonds. The summed E-state index contributed by atoms with van der Waals surface area (Å²) in [5, 5.41) is 2.70. The van der Waals surface area contributed by atoms with E-state index >= 15 is 0 Å². The summed E-state index contributed by atoms with van der Waals surface area (Å²) < 4.78 is 22.2.